The topological polar surface area (TPSA) is 52.3 Å². The molecule has 0 amide bonds. The zero-order valence-corrected chi connectivity index (χ0v) is 15.0. The maximum Gasteiger partial charge on any atom is 0.146 e. The van der Waals surface area contributed by atoms with Gasteiger partial charge in [0.25, 0.3) is 0 Å². The van der Waals surface area contributed by atoms with E-state index in [0.717, 1.165) is 25.9 Å². The molecule has 0 aliphatic heterocycles. The van der Waals surface area contributed by atoms with Gasteiger partial charge in [-0.2, -0.15) is 0 Å². The van der Waals surface area contributed by atoms with Crippen molar-refractivity contribution >= 4 is 5.78 Å². The first-order chi connectivity index (χ1) is 10.5. The molecule has 1 rings (SSSR count). The number of unbranched alkanes of at least 4 members (excludes halogenated alkanes) is 5. The molecule has 0 heterocycles. The van der Waals surface area contributed by atoms with Gasteiger partial charge in [0.15, 0.2) is 0 Å². The fourth-order valence-corrected chi connectivity index (χ4v) is 3.63. The van der Waals surface area contributed by atoms with Crippen molar-refractivity contribution in [2.24, 2.45) is 17.1 Å². The lowest BCUT2D eigenvalue weighted by Gasteiger charge is -2.40. The number of rotatable bonds is 11. The van der Waals surface area contributed by atoms with Crippen molar-refractivity contribution in [3.8, 4) is 0 Å². The second-order valence-corrected chi connectivity index (χ2v) is 7.79. The van der Waals surface area contributed by atoms with Crippen LogP contribution in [0.5, 0.6) is 0 Å². The highest BCUT2D eigenvalue weighted by atomic mass is 16.5. The molecule has 0 aromatic rings. The van der Waals surface area contributed by atoms with Gasteiger partial charge in [-0.25, -0.2) is 0 Å². The summed E-state index contributed by atoms with van der Waals surface area (Å²) in [4.78, 5) is 11.7. The van der Waals surface area contributed by atoms with Crippen LogP contribution in [0.25, 0.3) is 0 Å². The zero-order chi connectivity index (χ0) is 16.4. The van der Waals surface area contributed by atoms with E-state index in [0.29, 0.717) is 17.8 Å². The molecular weight excluding hydrogens is 274 g/mol. The molecule has 22 heavy (non-hydrogen) atoms. The minimum Gasteiger partial charge on any atom is -0.378 e. The molecule has 130 valence electrons. The lowest BCUT2D eigenvalue weighted by atomic mass is 9.69. The van der Waals surface area contributed by atoms with E-state index in [1.54, 1.807) is 0 Å². The van der Waals surface area contributed by atoms with Crippen molar-refractivity contribution in [1.29, 1.82) is 0 Å². The van der Waals surface area contributed by atoms with Crippen LogP contribution >= 0.6 is 0 Å². The second-order valence-electron chi connectivity index (χ2n) is 7.79. The van der Waals surface area contributed by atoms with Crippen LogP contribution in [0.15, 0.2) is 0 Å². The average Bonchev–Trinajstić information content (AvgIpc) is 2.47. The number of carbonyl (C=O) groups is 1. The highest BCUT2D eigenvalue weighted by molar-refractivity contribution is 5.80. The molecule has 3 nitrogen and oxygen atoms in total. The average molecular weight is 312 g/mol. The zero-order valence-electron chi connectivity index (χ0n) is 15.0. The summed E-state index contributed by atoms with van der Waals surface area (Å²) in [6.07, 6.45) is 12.0. The van der Waals surface area contributed by atoms with Crippen LogP contribution in [0, 0.1) is 11.3 Å². The predicted octanol–water partition coefficient (Wildman–Crippen LogP) is 4.48. The molecule has 1 aliphatic rings. The van der Waals surface area contributed by atoms with E-state index < -0.39 is 0 Å². The number of carbonyl (C=O) groups excluding carboxylic acids is 1. The minimum absolute atomic E-state index is 0.168. The number of ether oxygens (including phenoxy) is 1. The van der Waals surface area contributed by atoms with Crippen LogP contribution in [0.4, 0.5) is 0 Å². The van der Waals surface area contributed by atoms with E-state index >= 15 is 0 Å². The summed E-state index contributed by atoms with van der Waals surface area (Å²) >= 11 is 0. The van der Waals surface area contributed by atoms with Gasteiger partial charge in [0.2, 0.25) is 0 Å². The molecule has 2 N–H and O–H groups in total. The number of hydrogen-bond donors (Lipinski definition) is 1. The van der Waals surface area contributed by atoms with E-state index in [2.05, 4.69) is 20.8 Å². The van der Waals surface area contributed by atoms with Crippen molar-refractivity contribution in [1.82, 2.24) is 0 Å². The van der Waals surface area contributed by atoms with Crippen LogP contribution in [-0.4, -0.2) is 25.0 Å². The van der Waals surface area contributed by atoms with Gasteiger partial charge in [-0.3, -0.25) is 4.79 Å². The molecule has 0 radical (unpaired) electrons. The van der Waals surface area contributed by atoms with Crippen LogP contribution < -0.4 is 5.73 Å². The Bertz CT molecular complexity index is 315. The van der Waals surface area contributed by atoms with Gasteiger partial charge in [-0.1, -0.05) is 52.9 Å². The van der Waals surface area contributed by atoms with Crippen LogP contribution in [0.2, 0.25) is 0 Å². The predicted molar refractivity (Wildman–Crippen MR) is 92.9 cm³/mol. The van der Waals surface area contributed by atoms with Crippen LogP contribution in [0.3, 0.4) is 0 Å². The standard InChI is InChI=1S/C19H37NO2/c1-4-5-6-7-8-9-12-22-18-10-11-19(2,3)14-16(18)13-17(21)15-20/h16,18H,4-15,20H2,1-3H3/t16-,18-/m1/s1. The lowest BCUT2D eigenvalue weighted by molar-refractivity contribution is -0.121. The van der Waals surface area contributed by atoms with Crippen molar-refractivity contribution < 1.29 is 9.53 Å². The number of Topliss-reactive ketones (excluding diaryl/α,β-unsaturated/α-hetero) is 1. The molecule has 0 spiro atoms. The molecule has 3 heteroatoms. The summed E-state index contributed by atoms with van der Waals surface area (Å²) in [5, 5.41) is 0. The maximum atomic E-state index is 11.7. The van der Waals surface area contributed by atoms with Gasteiger partial charge in [-0.05, 0) is 37.0 Å². The molecule has 2 atom stereocenters. The minimum atomic E-state index is 0.168. The molecule has 1 fully saturated rings. The van der Waals surface area contributed by atoms with E-state index in [9.17, 15) is 4.79 Å². The molecule has 0 unspecified atom stereocenters. The van der Waals surface area contributed by atoms with Crippen LogP contribution in [0.1, 0.15) is 85.0 Å². The third kappa shape index (κ3) is 7.73. The Morgan fingerprint density at radius 2 is 1.86 bits per heavy atom. The van der Waals surface area contributed by atoms with Crippen LogP contribution in [-0.2, 0) is 9.53 Å². The molecule has 0 bridgehead atoms. The lowest BCUT2D eigenvalue weighted by Crippen LogP contribution is -2.37. The molecule has 1 saturated carbocycles. The molecule has 0 aromatic carbocycles. The number of hydrogen-bond acceptors (Lipinski definition) is 3. The second kappa shape index (κ2) is 10.4. The highest BCUT2D eigenvalue weighted by Crippen LogP contribution is 2.41. The molecule has 1 aliphatic carbocycles. The van der Waals surface area contributed by atoms with Crippen molar-refractivity contribution in [2.45, 2.75) is 91.1 Å². The summed E-state index contributed by atoms with van der Waals surface area (Å²) in [5.41, 5.74) is 5.82. The highest BCUT2D eigenvalue weighted by Gasteiger charge is 2.36. The van der Waals surface area contributed by atoms with E-state index in [1.165, 1.54) is 38.5 Å². The Morgan fingerprint density at radius 3 is 2.55 bits per heavy atom. The first kappa shape index (κ1) is 19.6. The summed E-state index contributed by atoms with van der Waals surface area (Å²) in [6, 6.07) is 0. The SMILES string of the molecule is CCCCCCCCO[C@@H]1CCC(C)(C)C[C@H]1CC(=O)CN. The van der Waals surface area contributed by atoms with Gasteiger partial charge in [0, 0.05) is 13.0 Å². The molecule has 0 saturated heterocycles. The van der Waals surface area contributed by atoms with E-state index in [4.69, 9.17) is 10.5 Å². The Labute approximate surface area is 137 Å². The number of ketones is 1. The van der Waals surface area contributed by atoms with Crippen molar-refractivity contribution in [3.63, 3.8) is 0 Å². The fourth-order valence-electron chi connectivity index (χ4n) is 3.63. The summed E-state index contributed by atoms with van der Waals surface area (Å²) in [6.45, 7) is 7.87. The Balaban J connectivity index is 2.30. The fraction of sp³-hybridized carbons (Fsp3) is 0.947. The largest absolute Gasteiger partial charge is 0.378 e. The molecule has 0 aromatic heterocycles. The van der Waals surface area contributed by atoms with Crippen molar-refractivity contribution in [2.75, 3.05) is 13.2 Å². The normalized spacial score (nSPS) is 24.4. The maximum absolute atomic E-state index is 11.7. The van der Waals surface area contributed by atoms with Gasteiger partial charge >= 0.3 is 0 Å². The number of nitrogens with two attached hydrogens (primary N) is 1. The van der Waals surface area contributed by atoms with E-state index in [-0.39, 0.29) is 18.4 Å². The molecular formula is C19H37NO2. The van der Waals surface area contributed by atoms with Gasteiger partial charge in [0.1, 0.15) is 5.78 Å². The monoisotopic (exact) mass is 311 g/mol. The third-order valence-corrected chi connectivity index (χ3v) is 4.99. The smallest absolute Gasteiger partial charge is 0.146 e. The summed E-state index contributed by atoms with van der Waals surface area (Å²) in [7, 11) is 0. The first-order valence-corrected chi connectivity index (χ1v) is 9.32. The Hall–Kier alpha value is -0.410. The summed E-state index contributed by atoms with van der Waals surface area (Å²) < 4.78 is 6.15. The van der Waals surface area contributed by atoms with Gasteiger partial charge in [-0.15, -0.1) is 0 Å². The van der Waals surface area contributed by atoms with Gasteiger partial charge < -0.3 is 10.5 Å². The quantitative estimate of drug-likeness (QED) is 0.572. The van der Waals surface area contributed by atoms with Gasteiger partial charge in [0.05, 0.1) is 12.6 Å². The Kier molecular flexibility index (Phi) is 9.27. The van der Waals surface area contributed by atoms with E-state index in [1.807, 2.05) is 0 Å². The van der Waals surface area contributed by atoms with Crippen molar-refractivity contribution in [3.05, 3.63) is 0 Å². The third-order valence-electron chi connectivity index (χ3n) is 4.99. The summed E-state index contributed by atoms with van der Waals surface area (Å²) in [5.74, 6) is 0.538. The Morgan fingerprint density at radius 1 is 1.18 bits per heavy atom. The first-order valence-electron chi connectivity index (χ1n) is 9.32.